The first-order valence-corrected chi connectivity index (χ1v) is 4.91. The predicted molar refractivity (Wildman–Crippen MR) is 59.3 cm³/mol. The van der Waals surface area contributed by atoms with Crippen molar-refractivity contribution in [3.63, 3.8) is 0 Å². The van der Waals surface area contributed by atoms with Gasteiger partial charge in [-0.25, -0.2) is 4.39 Å². The van der Waals surface area contributed by atoms with Crippen molar-refractivity contribution in [3.05, 3.63) is 35.6 Å². The summed E-state index contributed by atoms with van der Waals surface area (Å²) in [5.41, 5.74) is 3.31. The second-order valence-corrected chi connectivity index (χ2v) is 3.40. The van der Waals surface area contributed by atoms with E-state index in [0.29, 0.717) is 18.4 Å². The summed E-state index contributed by atoms with van der Waals surface area (Å²) < 4.78 is 13.3. The molecular weight excluding hydrogens is 191 g/mol. The van der Waals surface area contributed by atoms with Gasteiger partial charge in [0.05, 0.1) is 0 Å². The summed E-state index contributed by atoms with van der Waals surface area (Å²) in [5.74, 6) is 7.72. The summed E-state index contributed by atoms with van der Waals surface area (Å²) in [4.78, 5) is 0. The minimum Gasteiger partial charge on any atom is -0.271 e. The Morgan fingerprint density at radius 1 is 1.47 bits per heavy atom. The van der Waals surface area contributed by atoms with E-state index < -0.39 is 0 Å². The molecule has 0 aliphatic rings. The standard InChI is InChI=1S/C12H15FN2/c1-2-3-7-11(15-14)9-10-6-4-5-8-12(10)13/h1,4-6,8,11,15H,3,7,9,14H2. The van der Waals surface area contributed by atoms with Crippen molar-refractivity contribution in [2.45, 2.75) is 25.3 Å². The highest BCUT2D eigenvalue weighted by atomic mass is 19.1. The number of hydrazine groups is 1. The zero-order valence-corrected chi connectivity index (χ0v) is 8.54. The van der Waals surface area contributed by atoms with E-state index in [4.69, 9.17) is 12.3 Å². The van der Waals surface area contributed by atoms with Gasteiger partial charge in [-0.2, -0.15) is 0 Å². The SMILES string of the molecule is C#CCCC(Cc1ccccc1F)NN. The van der Waals surface area contributed by atoms with E-state index in [-0.39, 0.29) is 11.9 Å². The van der Waals surface area contributed by atoms with Gasteiger partial charge in [0, 0.05) is 12.5 Å². The topological polar surface area (TPSA) is 38.0 Å². The molecule has 15 heavy (non-hydrogen) atoms. The molecule has 0 spiro atoms. The Bertz CT molecular complexity index is 344. The first-order valence-electron chi connectivity index (χ1n) is 4.91. The molecule has 3 heteroatoms. The molecule has 0 bridgehead atoms. The zero-order chi connectivity index (χ0) is 11.1. The van der Waals surface area contributed by atoms with Crippen molar-refractivity contribution in [1.29, 1.82) is 0 Å². The van der Waals surface area contributed by atoms with Crippen LogP contribution >= 0.6 is 0 Å². The van der Waals surface area contributed by atoms with E-state index in [1.54, 1.807) is 12.1 Å². The van der Waals surface area contributed by atoms with E-state index in [0.717, 1.165) is 6.42 Å². The molecule has 1 atom stereocenters. The maximum atomic E-state index is 13.3. The van der Waals surface area contributed by atoms with Crippen molar-refractivity contribution in [3.8, 4) is 12.3 Å². The summed E-state index contributed by atoms with van der Waals surface area (Å²) in [6.45, 7) is 0. The molecule has 1 unspecified atom stereocenters. The summed E-state index contributed by atoms with van der Waals surface area (Å²) in [6, 6.07) is 6.72. The number of nitrogens with two attached hydrogens (primary N) is 1. The molecule has 0 saturated carbocycles. The van der Waals surface area contributed by atoms with E-state index >= 15 is 0 Å². The van der Waals surface area contributed by atoms with Crippen LogP contribution in [0.25, 0.3) is 0 Å². The van der Waals surface area contributed by atoms with Gasteiger partial charge in [-0.1, -0.05) is 18.2 Å². The number of hydrogen-bond donors (Lipinski definition) is 2. The van der Waals surface area contributed by atoms with Crippen LogP contribution in [0.2, 0.25) is 0 Å². The third-order valence-corrected chi connectivity index (χ3v) is 2.30. The average Bonchev–Trinajstić information content (AvgIpc) is 2.26. The normalized spacial score (nSPS) is 12.1. The number of halogens is 1. The molecule has 0 aliphatic carbocycles. The molecular formula is C12H15FN2. The Balaban J connectivity index is 2.59. The van der Waals surface area contributed by atoms with Crippen LogP contribution in [0.5, 0.6) is 0 Å². The van der Waals surface area contributed by atoms with Crippen molar-refractivity contribution < 1.29 is 4.39 Å². The van der Waals surface area contributed by atoms with Crippen LogP contribution < -0.4 is 11.3 Å². The molecule has 0 fully saturated rings. The predicted octanol–water partition coefficient (Wildman–Crippen LogP) is 1.61. The first-order chi connectivity index (χ1) is 7.27. The molecule has 0 aliphatic heterocycles. The van der Waals surface area contributed by atoms with Gasteiger partial charge in [-0.15, -0.1) is 12.3 Å². The molecule has 80 valence electrons. The molecule has 0 radical (unpaired) electrons. The molecule has 0 aromatic heterocycles. The van der Waals surface area contributed by atoms with Gasteiger partial charge >= 0.3 is 0 Å². The lowest BCUT2D eigenvalue weighted by atomic mass is 10.0. The Labute approximate surface area is 89.6 Å². The van der Waals surface area contributed by atoms with Crippen LogP contribution in [-0.4, -0.2) is 6.04 Å². The molecule has 1 rings (SSSR count). The quantitative estimate of drug-likeness (QED) is 0.436. The molecule has 0 amide bonds. The second-order valence-electron chi connectivity index (χ2n) is 3.40. The lowest BCUT2D eigenvalue weighted by Gasteiger charge is -2.14. The van der Waals surface area contributed by atoms with Crippen molar-refractivity contribution >= 4 is 0 Å². The smallest absolute Gasteiger partial charge is 0.126 e. The van der Waals surface area contributed by atoms with Crippen LogP contribution in [0.15, 0.2) is 24.3 Å². The van der Waals surface area contributed by atoms with Gasteiger partial charge in [0.25, 0.3) is 0 Å². The monoisotopic (exact) mass is 206 g/mol. The molecule has 0 saturated heterocycles. The molecule has 1 aromatic carbocycles. The number of rotatable bonds is 5. The third kappa shape index (κ3) is 3.70. The maximum Gasteiger partial charge on any atom is 0.126 e. The highest BCUT2D eigenvalue weighted by Gasteiger charge is 2.09. The average molecular weight is 206 g/mol. The van der Waals surface area contributed by atoms with E-state index in [9.17, 15) is 4.39 Å². The summed E-state index contributed by atoms with van der Waals surface area (Å²) >= 11 is 0. The fourth-order valence-corrected chi connectivity index (χ4v) is 1.43. The molecule has 3 N–H and O–H groups in total. The van der Waals surface area contributed by atoms with E-state index in [2.05, 4.69) is 11.3 Å². The van der Waals surface area contributed by atoms with Crippen LogP contribution in [0, 0.1) is 18.2 Å². The van der Waals surface area contributed by atoms with Crippen LogP contribution in [-0.2, 0) is 6.42 Å². The van der Waals surface area contributed by atoms with E-state index in [1.807, 2.05) is 6.07 Å². The summed E-state index contributed by atoms with van der Waals surface area (Å²) in [5, 5.41) is 0. The number of terminal acetylenes is 1. The van der Waals surface area contributed by atoms with Crippen LogP contribution in [0.1, 0.15) is 18.4 Å². The number of nitrogens with one attached hydrogen (secondary N) is 1. The Hall–Kier alpha value is -1.37. The number of hydrogen-bond acceptors (Lipinski definition) is 2. The molecule has 0 heterocycles. The summed E-state index contributed by atoms with van der Waals surface area (Å²) in [6.07, 6.45) is 7.12. The van der Waals surface area contributed by atoms with Gasteiger partial charge in [0.2, 0.25) is 0 Å². The maximum absolute atomic E-state index is 13.3. The van der Waals surface area contributed by atoms with Gasteiger partial charge in [-0.05, 0) is 24.5 Å². The fourth-order valence-electron chi connectivity index (χ4n) is 1.43. The van der Waals surface area contributed by atoms with Crippen molar-refractivity contribution in [1.82, 2.24) is 5.43 Å². The Morgan fingerprint density at radius 3 is 2.80 bits per heavy atom. The molecule has 1 aromatic rings. The fraction of sp³-hybridized carbons (Fsp3) is 0.333. The van der Waals surface area contributed by atoms with Gasteiger partial charge in [0.1, 0.15) is 5.82 Å². The van der Waals surface area contributed by atoms with E-state index in [1.165, 1.54) is 6.07 Å². The largest absolute Gasteiger partial charge is 0.271 e. The Kier molecular flexibility index (Phi) is 4.82. The van der Waals surface area contributed by atoms with Crippen LogP contribution in [0.3, 0.4) is 0 Å². The Morgan fingerprint density at radius 2 is 2.20 bits per heavy atom. The zero-order valence-electron chi connectivity index (χ0n) is 8.54. The summed E-state index contributed by atoms with van der Waals surface area (Å²) in [7, 11) is 0. The minimum atomic E-state index is -0.196. The minimum absolute atomic E-state index is 0.0259. The highest BCUT2D eigenvalue weighted by molar-refractivity contribution is 5.18. The van der Waals surface area contributed by atoms with Crippen molar-refractivity contribution in [2.75, 3.05) is 0 Å². The number of benzene rings is 1. The molecule has 2 nitrogen and oxygen atoms in total. The van der Waals surface area contributed by atoms with Gasteiger partial charge in [-0.3, -0.25) is 11.3 Å². The van der Waals surface area contributed by atoms with Crippen molar-refractivity contribution in [2.24, 2.45) is 5.84 Å². The highest BCUT2D eigenvalue weighted by Crippen LogP contribution is 2.11. The van der Waals surface area contributed by atoms with Gasteiger partial charge < -0.3 is 0 Å². The second kappa shape index (κ2) is 6.18. The lowest BCUT2D eigenvalue weighted by molar-refractivity contribution is 0.485. The lowest BCUT2D eigenvalue weighted by Crippen LogP contribution is -2.36. The van der Waals surface area contributed by atoms with Gasteiger partial charge in [0.15, 0.2) is 0 Å². The van der Waals surface area contributed by atoms with Crippen LogP contribution in [0.4, 0.5) is 4.39 Å². The third-order valence-electron chi connectivity index (χ3n) is 2.30. The first kappa shape index (κ1) is 11.7.